The molecule has 9 heteroatoms. The van der Waals surface area contributed by atoms with Crippen molar-refractivity contribution in [2.45, 2.75) is 52.4 Å². The predicted molar refractivity (Wildman–Crippen MR) is 133 cm³/mol. The molecule has 1 aromatic heterocycles. The van der Waals surface area contributed by atoms with Crippen LogP contribution in [-0.4, -0.2) is 78.4 Å². The molecule has 1 spiro atoms. The quantitative estimate of drug-likeness (QED) is 0.552. The number of carbonyl (C=O) groups is 3. The minimum atomic E-state index is -0.373. The predicted octanol–water partition coefficient (Wildman–Crippen LogP) is 2.80. The number of rotatable bonds is 8. The number of thiazole rings is 1. The molecule has 5 rings (SSSR count). The maximum Gasteiger partial charge on any atom is 0.265 e. The Morgan fingerprint density at radius 2 is 1.83 bits per heavy atom. The summed E-state index contributed by atoms with van der Waals surface area (Å²) >= 11 is 1.32. The average Bonchev–Trinajstić information content (AvgIpc) is 3.21. The van der Waals surface area contributed by atoms with E-state index in [0.29, 0.717) is 50.1 Å². The third-order valence-electron chi connectivity index (χ3n) is 8.65. The highest BCUT2D eigenvalue weighted by Crippen LogP contribution is 2.54. The van der Waals surface area contributed by atoms with Crippen molar-refractivity contribution < 1.29 is 19.1 Å². The molecule has 2 atom stereocenters. The number of aromatic nitrogens is 1. The molecular weight excluding hydrogens is 464 g/mol. The van der Waals surface area contributed by atoms with Crippen molar-refractivity contribution in [2.24, 2.45) is 28.6 Å². The van der Waals surface area contributed by atoms with Gasteiger partial charge in [-0.25, -0.2) is 0 Å². The van der Waals surface area contributed by atoms with Gasteiger partial charge in [0, 0.05) is 50.7 Å². The molecule has 192 valence electrons. The summed E-state index contributed by atoms with van der Waals surface area (Å²) in [5, 5.41) is 3.06. The molecule has 8 nitrogen and oxygen atoms in total. The van der Waals surface area contributed by atoms with Crippen LogP contribution >= 0.6 is 11.3 Å². The molecular formula is C26H38N4O4S. The summed E-state index contributed by atoms with van der Waals surface area (Å²) in [5.41, 5.74) is 1.36. The highest BCUT2D eigenvalue weighted by Gasteiger charge is 2.61. The number of nitrogens with one attached hydrogen (secondary N) is 1. The van der Waals surface area contributed by atoms with E-state index < -0.39 is 0 Å². The molecule has 1 aromatic rings. The van der Waals surface area contributed by atoms with Gasteiger partial charge in [0.05, 0.1) is 24.2 Å². The topological polar surface area (TPSA) is 91.8 Å². The van der Waals surface area contributed by atoms with Crippen LogP contribution in [0.15, 0.2) is 11.7 Å². The lowest BCUT2D eigenvalue weighted by Gasteiger charge is -2.50. The lowest BCUT2D eigenvalue weighted by atomic mass is 9.71. The van der Waals surface area contributed by atoms with Crippen molar-refractivity contribution in [1.82, 2.24) is 20.1 Å². The largest absolute Gasteiger partial charge is 0.379 e. The van der Waals surface area contributed by atoms with Crippen LogP contribution in [0.5, 0.6) is 0 Å². The fourth-order valence-electron chi connectivity index (χ4n) is 6.23. The molecule has 0 unspecified atom stereocenters. The van der Waals surface area contributed by atoms with Gasteiger partial charge in [-0.1, -0.05) is 33.1 Å². The molecule has 0 bridgehead atoms. The lowest BCUT2D eigenvalue weighted by Crippen LogP contribution is -2.64. The van der Waals surface area contributed by atoms with E-state index in [4.69, 9.17) is 4.74 Å². The Hall–Kier alpha value is -2.00. The van der Waals surface area contributed by atoms with Crippen molar-refractivity contribution in [3.8, 4) is 0 Å². The van der Waals surface area contributed by atoms with Gasteiger partial charge in [0.25, 0.3) is 5.91 Å². The SMILES string of the molecule is CC1(C)C[C@@H]1C(=O)N1CC2(CN(C(=O)c3cncs3)C[C@H]2C(=O)NCCOCC2CCCCC2)C1. The smallest absolute Gasteiger partial charge is 0.265 e. The lowest BCUT2D eigenvalue weighted by molar-refractivity contribution is -0.151. The summed E-state index contributed by atoms with van der Waals surface area (Å²) in [5.74, 6) is 0.497. The van der Waals surface area contributed by atoms with E-state index in [1.54, 1.807) is 16.6 Å². The number of hydrogen-bond donors (Lipinski definition) is 1. The normalized spacial score (nSPS) is 27.0. The molecule has 1 N–H and O–H groups in total. The summed E-state index contributed by atoms with van der Waals surface area (Å²) in [6.45, 7) is 7.97. The van der Waals surface area contributed by atoms with Gasteiger partial charge in [-0.15, -0.1) is 11.3 Å². The minimum Gasteiger partial charge on any atom is -0.379 e. The first kappa shape index (κ1) is 24.7. The van der Waals surface area contributed by atoms with Gasteiger partial charge in [-0.05, 0) is 30.6 Å². The van der Waals surface area contributed by atoms with E-state index in [0.717, 1.165) is 13.0 Å². The monoisotopic (exact) mass is 502 g/mol. The van der Waals surface area contributed by atoms with Gasteiger partial charge in [-0.3, -0.25) is 19.4 Å². The van der Waals surface area contributed by atoms with Crippen LogP contribution in [0.1, 0.15) is 62.0 Å². The van der Waals surface area contributed by atoms with Crippen LogP contribution in [0.3, 0.4) is 0 Å². The molecule has 3 amide bonds. The van der Waals surface area contributed by atoms with Gasteiger partial charge in [0.2, 0.25) is 11.8 Å². The molecule has 0 radical (unpaired) electrons. The van der Waals surface area contributed by atoms with Gasteiger partial charge in [-0.2, -0.15) is 0 Å². The Kier molecular flexibility index (Phi) is 6.92. The van der Waals surface area contributed by atoms with Crippen LogP contribution in [-0.2, 0) is 14.3 Å². The van der Waals surface area contributed by atoms with Gasteiger partial charge in [0.15, 0.2) is 0 Å². The Labute approximate surface area is 211 Å². The number of hydrogen-bond acceptors (Lipinski definition) is 6. The molecule has 2 aliphatic carbocycles. The Bertz CT molecular complexity index is 937. The second-order valence-corrected chi connectivity index (χ2v) is 12.7. The summed E-state index contributed by atoms with van der Waals surface area (Å²) in [4.78, 5) is 47.5. The number of carbonyl (C=O) groups excluding carboxylic acids is 3. The van der Waals surface area contributed by atoms with Crippen molar-refractivity contribution in [2.75, 3.05) is 45.9 Å². The third-order valence-corrected chi connectivity index (χ3v) is 9.41. The fraction of sp³-hybridized carbons (Fsp3) is 0.769. The second-order valence-electron chi connectivity index (χ2n) is 11.8. The van der Waals surface area contributed by atoms with Gasteiger partial charge >= 0.3 is 0 Å². The first-order valence-corrected chi connectivity index (χ1v) is 14.0. The Balaban J connectivity index is 1.17. The summed E-state index contributed by atoms with van der Waals surface area (Å²) in [7, 11) is 0. The molecule has 35 heavy (non-hydrogen) atoms. The number of nitrogens with zero attached hydrogens (tertiary/aromatic N) is 3. The van der Waals surface area contributed by atoms with Gasteiger partial charge < -0.3 is 19.9 Å². The Morgan fingerprint density at radius 1 is 1.11 bits per heavy atom. The zero-order valence-corrected chi connectivity index (χ0v) is 21.8. The van der Waals surface area contributed by atoms with E-state index in [2.05, 4.69) is 24.1 Å². The average molecular weight is 503 g/mol. The van der Waals surface area contributed by atoms with Crippen molar-refractivity contribution in [3.05, 3.63) is 16.6 Å². The van der Waals surface area contributed by atoms with Crippen LogP contribution in [0.4, 0.5) is 0 Å². The Morgan fingerprint density at radius 3 is 2.49 bits per heavy atom. The highest BCUT2D eigenvalue weighted by molar-refractivity contribution is 7.11. The van der Waals surface area contributed by atoms with E-state index in [-0.39, 0.29) is 40.4 Å². The second kappa shape index (κ2) is 9.81. The van der Waals surface area contributed by atoms with Crippen LogP contribution in [0, 0.1) is 28.6 Å². The summed E-state index contributed by atoms with van der Waals surface area (Å²) in [6.07, 6.45) is 8.92. The number of amides is 3. The zero-order valence-electron chi connectivity index (χ0n) is 21.0. The highest BCUT2D eigenvalue weighted by atomic mass is 32.1. The molecule has 0 aromatic carbocycles. The molecule has 4 fully saturated rings. The van der Waals surface area contributed by atoms with Gasteiger partial charge in [0.1, 0.15) is 4.88 Å². The van der Waals surface area contributed by atoms with E-state index in [1.165, 1.54) is 43.4 Å². The third kappa shape index (κ3) is 5.12. The van der Waals surface area contributed by atoms with Crippen LogP contribution in [0.25, 0.3) is 0 Å². The minimum absolute atomic E-state index is 0.0373. The van der Waals surface area contributed by atoms with Crippen molar-refractivity contribution in [3.63, 3.8) is 0 Å². The number of ether oxygens (including phenoxy) is 1. The van der Waals surface area contributed by atoms with Crippen LogP contribution in [0.2, 0.25) is 0 Å². The van der Waals surface area contributed by atoms with Crippen molar-refractivity contribution in [1.29, 1.82) is 0 Å². The number of likely N-dealkylation sites (tertiary alicyclic amines) is 2. The first-order valence-electron chi connectivity index (χ1n) is 13.1. The first-order chi connectivity index (χ1) is 16.8. The molecule has 2 aliphatic heterocycles. The fourth-order valence-corrected chi connectivity index (χ4v) is 6.82. The molecule has 3 heterocycles. The van der Waals surface area contributed by atoms with Crippen molar-refractivity contribution >= 4 is 29.1 Å². The molecule has 4 aliphatic rings. The zero-order chi connectivity index (χ0) is 24.6. The van der Waals surface area contributed by atoms with E-state index >= 15 is 0 Å². The summed E-state index contributed by atoms with van der Waals surface area (Å²) < 4.78 is 5.85. The standard InChI is InChI=1S/C26H38N4O4S/c1-25(2)10-19(25)23(32)30-15-26(16-30)14-29(24(33)21-11-27-17-35-21)12-20(26)22(31)28-8-9-34-13-18-6-4-3-5-7-18/h11,17-20H,3-10,12-16H2,1-2H3,(H,28,31)/t19-,20+/m1/s1. The maximum absolute atomic E-state index is 13.3. The van der Waals surface area contributed by atoms with E-state index in [9.17, 15) is 14.4 Å². The molecule has 2 saturated heterocycles. The van der Waals surface area contributed by atoms with E-state index in [1.807, 2.05) is 4.90 Å². The van der Waals surface area contributed by atoms with Crippen LogP contribution < -0.4 is 5.32 Å². The molecule has 2 saturated carbocycles. The maximum atomic E-state index is 13.3. The summed E-state index contributed by atoms with van der Waals surface area (Å²) in [6, 6.07) is 0.